The van der Waals surface area contributed by atoms with Crippen LogP contribution in [0.1, 0.15) is 18.1 Å². The van der Waals surface area contributed by atoms with E-state index in [1.165, 1.54) is 6.07 Å². The Morgan fingerprint density at radius 1 is 1.09 bits per heavy atom. The van der Waals surface area contributed by atoms with E-state index in [-0.39, 0.29) is 17.4 Å². The Hall–Kier alpha value is -3.65. The molecule has 4 rings (SSSR count). The molecule has 0 spiro atoms. The van der Waals surface area contributed by atoms with Gasteiger partial charge < -0.3 is 15.6 Å². The highest BCUT2D eigenvalue weighted by Gasteiger charge is 2.17. The number of hydrogen-bond acceptors (Lipinski definition) is 6. The molecule has 0 amide bonds. The number of rotatable bonds is 7. The smallest absolute Gasteiger partial charge is 0.189 e. The molecule has 0 aliphatic carbocycles. The molecule has 1 unspecified atom stereocenters. The van der Waals surface area contributed by atoms with Crippen LogP contribution >= 0.6 is 0 Å². The van der Waals surface area contributed by atoms with E-state index >= 15 is 0 Å². The molecule has 6 nitrogen and oxygen atoms in total. The first-order valence-electron chi connectivity index (χ1n) is 10.2. The van der Waals surface area contributed by atoms with E-state index in [1.807, 2.05) is 31.2 Å². The van der Waals surface area contributed by atoms with Gasteiger partial charge >= 0.3 is 0 Å². The van der Waals surface area contributed by atoms with Crippen molar-refractivity contribution in [1.82, 2.24) is 20.4 Å². The summed E-state index contributed by atoms with van der Waals surface area (Å²) in [6.45, 7) is 3.61. The maximum absolute atomic E-state index is 14.7. The van der Waals surface area contributed by atoms with Crippen LogP contribution in [0.3, 0.4) is 0 Å². The van der Waals surface area contributed by atoms with E-state index in [9.17, 15) is 8.78 Å². The molecule has 2 aromatic heterocycles. The van der Waals surface area contributed by atoms with Crippen LogP contribution in [0, 0.1) is 12.7 Å². The fraction of sp³-hybridized carbons (Fsp3) is 0.208. The Bertz CT molecular complexity index is 1220. The van der Waals surface area contributed by atoms with Gasteiger partial charge in [0.05, 0.1) is 11.9 Å². The lowest BCUT2D eigenvalue weighted by Crippen LogP contribution is -2.27. The lowest BCUT2D eigenvalue weighted by molar-refractivity contribution is 0.391. The molecule has 0 aliphatic rings. The van der Waals surface area contributed by atoms with Crippen LogP contribution in [0.2, 0.25) is 0 Å². The van der Waals surface area contributed by atoms with Gasteiger partial charge in [0.15, 0.2) is 17.3 Å². The Kier molecular flexibility index (Phi) is 6.23. The summed E-state index contributed by atoms with van der Waals surface area (Å²) >= 11 is 0. The predicted octanol–water partition coefficient (Wildman–Crippen LogP) is 4.94. The zero-order valence-corrected chi connectivity index (χ0v) is 17.8. The second-order valence-corrected chi connectivity index (χ2v) is 7.68. The van der Waals surface area contributed by atoms with Crippen molar-refractivity contribution in [2.24, 2.45) is 0 Å². The van der Waals surface area contributed by atoms with Crippen LogP contribution in [-0.2, 0) is 6.54 Å². The number of aryl methyl sites for hydroxylation is 1. The van der Waals surface area contributed by atoms with Gasteiger partial charge in [0.2, 0.25) is 0 Å². The molecule has 8 heteroatoms. The summed E-state index contributed by atoms with van der Waals surface area (Å²) in [5.74, 6) is 0.0258. The average Bonchev–Trinajstić information content (AvgIpc) is 3.28. The summed E-state index contributed by atoms with van der Waals surface area (Å²) < 4.78 is 32.7. The lowest BCUT2D eigenvalue weighted by atomic mass is 10.1. The van der Waals surface area contributed by atoms with Crippen molar-refractivity contribution >= 4 is 5.82 Å². The van der Waals surface area contributed by atoms with E-state index in [2.05, 4.69) is 20.4 Å². The van der Waals surface area contributed by atoms with Crippen LogP contribution in [-0.4, -0.2) is 27.8 Å². The number of halogens is 2. The number of hydrogen-bond donors (Lipinski definition) is 2. The molecular formula is C24H23F2N5O. The molecule has 32 heavy (non-hydrogen) atoms. The van der Waals surface area contributed by atoms with Gasteiger partial charge in [-0.15, -0.1) is 0 Å². The van der Waals surface area contributed by atoms with Gasteiger partial charge in [-0.1, -0.05) is 41.1 Å². The second kappa shape index (κ2) is 9.23. The molecule has 2 heterocycles. The first-order valence-corrected chi connectivity index (χ1v) is 10.2. The van der Waals surface area contributed by atoms with E-state index < -0.39 is 12.5 Å². The third-order valence-corrected chi connectivity index (χ3v) is 5.09. The number of anilines is 1. The minimum absolute atomic E-state index is 0.187. The van der Waals surface area contributed by atoms with E-state index in [0.717, 1.165) is 11.1 Å². The van der Waals surface area contributed by atoms with Gasteiger partial charge in [0, 0.05) is 29.8 Å². The van der Waals surface area contributed by atoms with Crippen LogP contribution in [0.15, 0.2) is 59.3 Å². The quantitative estimate of drug-likeness (QED) is 0.427. The minimum Gasteiger partial charge on any atom is -0.382 e. The summed E-state index contributed by atoms with van der Waals surface area (Å²) in [6.07, 6.45) is 1.59. The molecule has 0 fully saturated rings. The topological polar surface area (TPSA) is 89.9 Å². The SMILES string of the molecule is Cc1ccc(-c2cnc(N)c(-c3cc(-c4ccc(CNC(C)CF)cc4F)no3)n2)cc1. The first-order chi connectivity index (χ1) is 15.4. The van der Waals surface area contributed by atoms with Crippen LogP contribution in [0.5, 0.6) is 0 Å². The third-order valence-electron chi connectivity index (χ3n) is 5.09. The van der Waals surface area contributed by atoms with Crippen molar-refractivity contribution in [3.05, 3.63) is 71.7 Å². The molecule has 0 aliphatic heterocycles. The molecule has 0 bridgehead atoms. The Morgan fingerprint density at radius 2 is 1.88 bits per heavy atom. The molecule has 3 N–H and O–H groups in total. The largest absolute Gasteiger partial charge is 0.382 e. The number of nitrogens with one attached hydrogen (secondary N) is 1. The molecule has 1 atom stereocenters. The molecule has 0 radical (unpaired) electrons. The molecule has 0 saturated heterocycles. The molecule has 2 aromatic carbocycles. The number of alkyl halides is 1. The van der Waals surface area contributed by atoms with Crippen LogP contribution in [0.4, 0.5) is 14.6 Å². The Labute approximate surface area is 184 Å². The fourth-order valence-corrected chi connectivity index (χ4v) is 3.18. The van der Waals surface area contributed by atoms with Crippen LogP contribution in [0.25, 0.3) is 34.0 Å². The Morgan fingerprint density at radius 3 is 2.59 bits per heavy atom. The van der Waals surface area contributed by atoms with Crippen molar-refractivity contribution in [2.45, 2.75) is 26.4 Å². The molecule has 4 aromatic rings. The summed E-state index contributed by atoms with van der Waals surface area (Å²) in [4.78, 5) is 8.81. The number of nitrogens with zero attached hydrogens (tertiary/aromatic N) is 3. The average molecular weight is 435 g/mol. The van der Waals surface area contributed by atoms with Gasteiger partial charge in [0.25, 0.3) is 0 Å². The predicted molar refractivity (Wildman–Crippen MR) is 120 cm³/mol. The van der Waals surface area contributed by atoms with Gasteiger partial charge in [-0.05, 0) is 31.5 Å². The fourth-order valence-electron chi connectivity index (χ4n) is 3.18. The monoisotopic (exact) mass is 435 g/mol. The number of aromatic nitrogens is 3. The maximum Gasteiger partial charge on any atom is 0.189 e. The summed E-state index contributed by atoms with van der Waals surface area (Å²) in [6, 6.07) is 13.9. The van der Waals surface area contributed by atoms with Gasteiger partial charge in [-0.3, -0.25) is 0 Å². The minimum atomic E-state index is -0.487. The summed E-state index contributed by atoms with van der Waals surface area (Å²) in [7, 11) is 0. The third kappa shape index (κ3) is 4.65. The number of nitrogens with two attached hydrogens (primary N) is 1. The highest BCUT2D eigenvalue weighted by Crippen LogP contribution is 2.31. The molecular weight excluding hydrogens is 412 g/mol. The van der Waals surface area contributed by atoms with E-state index in [4.69, 9.17) is 10.3 Å². The molecule has 0 saturated carbocycles. The van der Waals surface area contributed by atoms with Crippen LogP contribution < -0.4 is 11.1 Å². The van der Waals surface area contributed by atoms with E-state index in [1.54, 1.807) is 31.3 Å². The lowest BCUT2D eigenvalue weighted by Gasteiger charge is -2.10. The van der Waals surface area contributed by atoms with E-state index in [0.29, 0.717) is 35.0 Å². The zero-order chi connectivity index (χ0) is 22.7. The van der Waals surface area contributed by atoms with Gasteiger partial charge in [-0.2, -0.15) is 0 Å². The zero-order valence-electron chi connectivity index (χ0n) is 17.8. The Balaban J connectivity index is 1.60. The summed E-state index contributed by atoms with van der Waals surface area (Å²) in [5.41, 5.74) is 10.3. The highest BCUT2D eigenvalue weighted by atomic mass is 19.1. The van der Waals surface area contributed by atoms with Gasteiger partial charge in [-0.25, -0.2) is 18.7 Å². The van der Waals surface area contributed by atoms with Crippen molar-refractivity contribution in [1.29, 1.82) is 0 Å². The second-order valence-electron chi connectivity index (χ2n) is 7.68. The number of benzene rings is 2. The summed E-state index contributed by atoms with van der Waals surface area (Å²) in [5, 5.41) is 6.98. The normalized spacial score (nSPS) is 12.1. The standard InChI is InChI=1S/C24H23F2N5O/c1-14-3-6-17(7-4-14)21-13-29-24(27)23(30-21)22-10-20(31-32-22)18-8-5-16(9-19(18)26)12-28-15(2)11-25/h3-10,13,15,28H,11-12H2,1-2H3,(H2,27,29). The van der Waals surface area contributed by atoms with Gasteiger partial charge in [0.1, 0.15) is 18.2 Å². The first kappa shape index (κ1) is 21.6. The van der Waals surface area contributed by atoms with Crippen molar-refractivity contribution in [3.63, 3.8) is 0 Å². The highest BCUT2D eigenvalue weighted by molar-refractivity contribution is 5.73. The maximum atomic E-state index is 14.7. The molecule has 164 valence electrons. The van der Waals surface area contributed by atoms with Crippen molar-refractivity contribution in [3.8, 4) is 34.0 Å². The van der Waals surface area contributed by atoms with Crippen molar-refractivity contribution < 1.29 is 13.3 Å². The van der Waals surface area contributed by atoms with Crippen molar-refractivity contribution in [2.75, 3.05) is 12.4 Å². The number of nitrogen functional groups attached to an aromatic ring is 1.